The number of amides is 1. The summed E-state index contributed by atoms with van der Waals surface area (Å²) in [5, 5.41) is 9.82. The van der Waals surface area contributed by atoms with Gasteiger partial charge in [-0.25, -0.2) is 10.5 Å². The number of rotatable bonds is 5. The highest BCUT2D eigenvalue weighted by Crippen LogP contribution is 2.25. The van der Waals surface area contributed by atoms with Crippen molar-refractivity contribution in [2.75, 3.05) is 31.1 Å². The number of anilines is 1. The topological polar surface area (TPSA) is 68.7 Å². The maximum atomic E-state index is 11.3. The third-order valence-corrected chi connectivity index (χ3v) is 5.89. The van der Waals surface area contributed by atoms with Crippen molar-refractivity contribution in [3.63, 3.8) is 0 Å². The number of nitrogens with one attached hydrogen (secondary N) is 1. The Labute approximate surface area is 167 Å². The van der Waals surface area contributed by atoms with Gasteiger partial charge in [0.05, 0.1) is 16.8 Å². The van der Waals surface area contributed by atoms with Crippen LogP contribution in [0.2, 0.25) is 0 Å². The lowest BCUT2D eigenvalue weighted by Crippen LogP contribution is -2.46. The standard InChI is InChI=1S/C21H22N4O2S/c26-20(23-27)10-9-16-5-1-3-7-18(16)25-13-11-24(12-14-25)15-21-22-17-6-2-4-8-19(17)28-21/h1-10,27H,11-15H2,(H,23,26). The molecule has 0 radical (unpaired) electrons. The number of benzene rings is 2. The normalized spacial score (nSPS) is 15.4. The van der Waals surface area contributed by atoms with Crippen LogP contribution in [-0.2, 0) is 11.3 Å². The van der Waals surface area contributed by atoms with Gasteiger partial charge in [-0.05, 0) is 29.8 Å². The lowest BCUT2D eigenvalue weighted by molar-refractivity contribution is -0.124. The Balaban J connectivity index is 1.40. The van der Waals surface area contributed by atoms with Crippen LogP contribution >= 0.6 is 11.3 Å². The molecule has 1 aromatic heterocycles. The van der Waals surface area contributed by atoms with Crippen LogP contribution in [0.4, 0.5) is 5.69 Å². The highest BCUT2D eigenvalue weighted by Gasteiger charge is 2.19. The van der Waals surface area contributed by atoms with Gasteiger partial charge in [0.1, 0.15) is 5.01 Å². The molecule has 2 heterocycles. The average molecular weight is 395 g/mol. The van der Waals surface area contributed by atoms with Crippen molar-refractivity contribution in [2.45, 2.75) is 6.54 Å². The fourth-order valence-corrected chi connectivity index (χ4v) is 4.45. The van der Waals surface area contributed by atoms with Crippen LogP contribution in [0.25, 0.3) is 16.3 Å². The van der Waals surface area contributed by atoms with E-state index in [9.17, 15) is 4.79 Å². The van der Waals surface area contributed by atoms with Crippen LogP contribution in [0.15, 0.2) is 54.6 Å². The van der Waals surface area contributed by atoms with Crippen LogP contribution in [0.3, 0.4) is 0 Å². The van der Waals surface area contributed by atoms with Crippen LogP contribution in [0, 0.1) is 0 Å². The molecule has 2 aromatic carbocycles. The molecule has 6 nitrogen and oxygen atoms in total. The van der Waals surface area contributed by atoms with Crippen LogP contribution < -0.4 is 10.4 Å². The molecule has 0 unspecified atom stereocenters. The summed E-state index contributed by atoms with van der Waals surface area (Å²) in [4.78, 5) is 20.8. The van der Waals surface area contributed by atoms with Crippen molar-refractivity contribution in [2.24, 2.45) is 0 Å². The van der Waals surface area contributed by atoms with E-state index in [1.807, 2.05) is 24.3 Å². The van der Waals surface area contributed by atoms with E-state index in [4.69, 9.17) is 10.2 Å². The smallest absolute Gasteiger partial charge is 0.267 e. The largest absolute Gasteiger partial charge is 0.368 e. The fraction of sp³-hybridized carbons (Fsp3) is 0.238. The third kappa shape index (κ3) is 4.22. The Hall–Kier alpha value is -2.74. The summed E-state index contributed by atoms with van der Waals surface area (Å²) >= 11 is 1.77. The second-order valence-corrected chi connectivity index (χ2v) is 7.82. The van der Waals surface area contributed by atoms with Gasteiger partial charge in [0, 0.05) is 37.9 Å². The van der Waals surface area contributed by atoms with Gasteiger partial charge in [0.15, 0.2) is 0 Å². The SMILES string of the molecule is O=C(C=Cc1ccccc1N1CCN(Cc2nc3ccccc3s2)CC1)NO. The Morgan fingerprint density at radius 1 is 1.11 bits per heavy atom. The van der Waals surface area contributed by atoms with Crippen molar-refractivity contribution in [3.8, 4) is 0 Å². The van der Waals surface area contributed by atoms with Crippen LogP contribution in [-0.4, -0.2) is 47.2 Å². The fourth-order valence-electron chi connectivity index (χ4n) is 3.44. The number of thiazole rings is 1. The van der Waals surface area contributed by atoms with E-state index in [1.54, 1.807) is 22.9 Å². The molecule has 1 fully saturated rings. The number of carbonyl (C=O) groups is 1. The summed E-state index contributed by atoms with van der Waals surface area (Å²) in [6, 6.07) is 16.3. The number of piperazine rings is 1. The number of hydrogen-bond donors (Lipinski definition) is 2. The Morgan fingerprint density at radius 3 is 2.64 bits per heavy atom. The molecule has 2 N–H and O–H groups in total. The first-order valence-corrected chi connectivity index (χ1v) is 10.1. The summed E-state index contributed by atoms with van der Waals surface area (Å²) in [7, 11) is 0. The molecular weight excluding hydrogens is 372 g/mol. The molecule has 7 heteroatoms. The third-order valence-electron chi connectivity index (χ3n) is 4.87. The summed E-state index contributed by atoms with van der Waals surface area (Å²) in [6.07, 6.45) is 3.07. The summed E-state index contributed by atoms with van der Waals surface area (Å²) in [6.45, 7) is 4.64. The Bertz CT molecular complexity index is 960. The van der Waals surface area contributed by atoms with Crippen molar-refractivity contribution in [1.29, 1.82) is 0 Å². The molecule has 1 amide bonds. The maximum absolute atomic E-state index is 11.3. The average Bonchev–Trinajstić information content (AvgIpc) is 3.15. The molecule has 144 valence electrons. The lowest BCUT2D eigenvalue weighted by atomic mass is 10.1. The molecule has 1 saturated heterocycles. The van der Waals surface area contributed by atoms with Gasteiger partial charge >= 0.3 is 0 Å². The minimum absolute atomic E-state index is 0.532. The van der Waals surface area contributed by atoms with Gasteiger partial charge in [-0.15, -0.1) is 11.3 Å². The minimum atomic E-state index is -0.532. The summed E-state index contributed by atoms with van der Waals surface area (Å²) in [5.41, 5.74) is 4.76. The molecule has 0 spiro atoms. The molecule has 4 rings (SSSR count). The number of carbonyl (C=O) groups excluding carboxylic acids is 1. The molecular formula is C21H22N4O2S. The van der Waals surface area contributed by atoms with Gasteiger partial charge in [-0.3, -0.25) is 14.9 Å². The number of nitrogens with zero attached hydrogens (tertiary/aromatic N) is 3. The van der Waals surface area contributed by atoms with E-state index in [2.05, 4.69) is 34.1 Å². The van der Waals surface area contributed by atoms with E-state index >= 15 is 0 Å². The number of fused-ring (bicyclic) bond motifs is 1. The first kappa shape index (κ1) is 18.6. The molecule has 1 aliphatic rings. The second-order valence-electron chi connectivity index (χ2n) is 6.71. The molecule has 1 aliphatic heterocycles. The van der Waals surface area contributed by atoms with E-state index in [1.165, 1.54) is 10.8 Å². The van der Waals surface area contributed by atoms with Crippen LogP contribution in [0.1, 0.15) is 10.6 Å². The number of hydrogen-bond acceptors (Lipinski definition) is 6. The monoisotopic (exact) mass is 394 g/mol. The molecule has 0 atom stereocenters. The predicted molar refractivity (Wildman–Crippen MR) is 113 cm³/mol. The quantitative estimate of drug-likeness (QED) is 0.395. The van der Waals surface area contributed by atoms with Crippen molar-refractivity contribution in [3.05, 3.63) is 65.2 Å². The summed E-state index contributed by atoms with van der Waals surface area (Å²) in [5.74, 6) is -0.532. The zero-order valence-corrected chi connectivity index (χ0v) is 16.2. The van der Waals surface area contributed by atoms with E-state index in [0.29, 0.717) is 0 Å². The number of aromatic nitrogens is 1. The number of hydroxylamine groups is 1. The van der Waals surface area contributed by atoms with Gasteiger partial charge in [0.25, 0.3) is 5.91 Å². The highest BCUT2D eigenvalue weighted by atomic mass is 32.1. The van der Waals surface area contributed by atoms with E-state index in [-0.39, 0.29) is 0 Å². The first-order chi connectivity index (χ1) is 13.7. The zero-order chi connectivity index (χ0) is 19.3. The molecule has 0 bridgehead atoms. The van der Waals surface area contributed by atoms with Crippen molar-refractivity contribution < 1.29 is 10.0 Å². The first-order valence-electron chi connectivity index (χ1n) is 9.26. The van der Waals surface area contributed by atoms with Crippen molar-refractivity contribution in [1.82, 2.24) is 15.4 Å². The van der Waals surface area contributed by atoms with E-state index in [0.717, 1.165) is 54.5 Å². The van der Waals surface area contributed by atoms with Crippen LogP contribution in [0.5, 0.6) is 0 Å². The minimum Gasteiger partial charge on any atom is -0.368 e. The van der Waals surface area contributed by atoms with E-state index < -0.39 is 5.91 Å². The summed E-state index contributed by atoms with van der Waals surface area (Å²) < 4.78 is 1.24. The molecule has 3 aromatic rings. The predicted octanol–water partition coefficient (Wildman–Crippen LogP) is 3.14. The van der Waals surface area contributed by atoms with Gasteiger partial charge in [-0.1, -0.05) is 30.3 Å². The molecule has 0 saturated carbocycles. The van der Waals surface area contributed by atoms with Gasteiger partial charge in [-0.2, -0.15) is 0 Å². The zero-order valence-electron chi connectivity index (χ0n) is 15.4. The van der Waals surface area contributed by atoms with Gasteiger partial charge < -0.3 is 4.90 Å². The Kier molecular flexibility index (Phi) is 5.66. The lowest BCUT2D eigenvalue weighted by Gasteiger charge is -2.36. The van der Waals surface area contributed by atoms with Gasteiger partial charge in [0.2, 0.25) is 0 Å². The second kappa shape index (κ2) is 8.52. The Morgan fingerprint density at radius 2 is 1.86 bits per heavy atom. The highest BCUT2D eigenvalue weighted by molar-refractivity contribution is 7.18. The molecule has 0 aliphatic carbocycles. The van der Waals surface area contributed by atoms with Crippen molar-refractivity contribution >= 4 is 39.2 Å². The molecule has 28 heavy (non-hydrogen) atoms. The maximum Gasteiger partial charge on any atom is 0.267 e. The number of para-hydroxylation sites is 2.